The fraction of sp³-hybridized carbons (Fsp3) is 0.240. The number of nitrogens with zero attached hydrogens (tertiary/aromatic N) is 2. The van der Waals surface area contributed by atoms with Crippen LogP contribution in [0.2, 0.25) is 0 Å². The smallest absolute Gasteiger partial charge is 0.358 e. The van der Waals surface area contributed by atoms with Crippen LogP contribution in [-0.2, 0) is 11.2 Å². The highest BCUT2D eigenvalue weighted by molar-refractivity contribution is 7.16. The highest BCUT2D eigenvalue weighted by atomic mass is 32.1. The number of thiazole rings is 1. The molecule has 0 aliphatic carbocycles. The molecule has 0 fully saturated rings. The van der Waals surface area contributed by atoms with E-state index < -0.39 is 5.97 Å². The molecule has 166 valence electrons. The van der Waals surface area contributed by atoms with Gasteiger partial charge in [0.2, 0.25) is 0 Å². The first-order valence-electron chi connectivity index (χ1n) is 10.4. The zero-order chi connectivity index (χ0) is 22.9. The molecule has 0 atom stereocenters. The average molecular weight is 451 g/mol. The minimum Gasteiger partial charge on any atom is -0.490 e. The van der Waals surface area contributed by atoms with Gasteiger partial charge in [0.25, 0.3) is 5.91 Å². The van der Waals surface area contributed by atoms with Gasteiger partial charge < -0.3 is 9.47 Å². The third kappa shape index (κ3) is 5.82. The lowest BCUT2D eigenvalue weighted by Crippen LogP contribution is -2.33. The molecule has 0 radical (unpaired) electrons. The average Bonchev–Trinajstić information content (AvgIpc) is 3.20. The molecule has 0 bridgehead atoms. The Kier molecular flexibility index (Phi) is 8.16. The van der Waals surface area contributed by atoms with Crippen LogP contribution in [0.4, 0.5) is 5.13 Å². The van der Waals surface area contributed by atoms with Crippen LogP contribution in [0.3, 0.4) is 0 Å². The van der Waals surface area contributed by atoms with Gasteiger partial charge in [-0.05, 0) is 50.1 Å². The Labute approximate surface area is 192 Å². The summed E-state index contributed by atoms with van der Waals surface area (Å²) in [5, 5.41) is 0.471. The van der Waals surface area contributed by atoms with Crippen molar-refractivity contribution < 1.29 is 19.1 Å². The van der Waals surface area contributed by atoms with E-state index in [0.717, 1.165) is 5.56 Å². The van der Waals surface area contributed by atoms with Gasteiger partial charge in [-0.1, -0.05) is 43.0 Å². The van der Waals surface area contributed by atoms with Gasteiger partial charge in [-0.2, -0.15) is 0 Å². The zero-order valence-electron chi connectivity index (χ0n) is 18.2. The van der Waals surface area contributed by atoms with Gasteiger partial charge in [-0.25, -0.2) is 9.78 Å². The Morgan fingerprint density at radius 2 is 1.84 bits per heavy atom. The standard InChI is InChI=1S/C25H26N2O4S/c1-4-17-31-21-13-11-20(12-14-21)23(28)27(16-15-19-9-7-6-8-10-19)25-26-22(18(3)32-25)24(29)30-5-2/h4,6-14H,1,5,15-17H2,2-3H3. The van der Waals surface area contributed by atoms with Gasteiger partial charge in [0.05, 0.1) is 6.61 Å². The number of aromatic nitrogens is 1. The Hall–Kier alpha value is -3.45. The van der Waals surface area contributed by atoms with Gasteiger partial charge in [0.1, 0.15) is 12.4 Å². The lowest BCUT2D eigenvalue weighted by Gasteiger charge is -2.20. The van der Waals surface area contributed by atoms with Gasteiger partial charge in [0, 0.05) is 17.0 Å². The van der Waals surface area contributed by atoms with Crippen LogP contribution in [0.15, 0.2) is 67.3 Å². The maximum atomic E-state index is 13.4. The quantitative estimate of drug-likeness (QED) is 0.318. The van der Waals surface area contributed by atoms with Crippen molar-refractivity contribution in [2.75, 3.05) is 24.7 Å². The topological polar surface area (TPSA) is 68.7 Å². The maximum absolute atomic E-state index is 13.4. The number of aryl methyl sites for hydroxylation is 1. The van der Waals surface area contributed by atoms with E-state index in [1.807, 2.05) is 30.3 Å². The molecule has 1 aromatic heterocycles. The Bertz CT molecular complexity index is 1060. The fourth-order valence-electron chi connectivity index (χ4n) is 3.06. The first kappa shape index (κ1) is 23.2. The molecule has 3 rings (SSSR count). The number of benzene rings is 2. The van der Waals surface area contributed by atoms with E-state index in [4.69, 9.17) is 9.47 Å². The molecule has 0 saturated carbocycles. The second-order valence-electron chi connectivity index (χ2n) is 6.94. The Balaban J connectivity index is 1.88. The first-order valence-corrected chi connectivity index (χ1v) is 11.2. The third-order valence-corrected chi connectivity index (χ3v) is 5.66. The zero-order valence-corrected chi connectivity index (χ0v) is 19.1. The largest absolute Gasteiger partial charge is 0.490 e. The Morgan fingerprint density at radius 1 is 1.12 bits per heavy atom. The van der Waals surface area contributed by atoms with E-state index in [-0.39, 0.29) is 18.2 Å². The van der Waals surface area contributed by atoms with Crippen molar-refractivity contribution in [2.24, 2.45) is 0 Å². The summed E-state index contributed by atoms with van der Waals surface area (Å²) in [7, 11) is 0. The van der Waals surface area contributed by atoms with Crippen molar-refractivity contribution in [3.63, 3.8) is 0 Å². The lowest BCUT2D eigenvalue weighted by atomic mass is 10.1. The van der Waals surface area contributed by atoms with Crippen LogP contribution >= 0.6 is 11.3 Å². The van der Waals surface area contributed by atoms with Crippen LogP contribution in [0.25, 0.3) is 0 Å². The molecule has 0 aliphatic rings. The number of carbonyl (C=O) groups excluding carboxylic acids is 2. The first-order chi connectivity index (χ1) is 15.5. The van der Waals surface area contributed by atoms with Crippen molar-refractivity contribution in [3.05, 3.63) is 89.0 Å². The number of rotatable bonds is 10. The molecule has 1 heterocycles. The van der Waals surface area contributed by atoms with Gasteiger partial charge >= 0.3 is 5.97 Å². The molecular weight excluding hydrogens is 424 g/mol. The van der Waals surface area contributed by atoms with Gasteiger partial charge in [0.15, 0.2) is 10.8 Å². The minimum absolute atomic E-state index is 0.194. The number of esters is 1. The second-order valence-corrected chi connectivity index (χ2v) is 8.12. The van der Waals surface area contributed by atoms with E-state index in [0.29, 0.717) is 40.9 Å². The monoisotopic (exact) mass is 450 g/mol. The molecule has 3 aromatic rings. The van der Waals surface area contributed by atoms with Crippen LogP contribution in [0.5, 0.6) is 5.75 Å². The minimum atomic E-state index is -0.480. The van der Waals surface area contributed by atoms with Crippen molar-refractivity contribution >= 4 is 28.3 Å². The normalized spacial score (nSPS) is 10.4. The molecule has 2 aromatic carbocycles. The number of hydrogen-bond acceptors (Lipinski definition) is 6. The second kappa shape index (κ2) is 11.2. The molecule has 6 nitrogen and oxygen atoms in total. The number of ether oxygens (including phenoxy) is 2. The van der Waals surface area contributed by atoms with E-state index in [9.17, 15) is 9.59 Å². The van der Waals surface area contributed by atoms with Gasteiger partial charge in [-0.3, -0.25) is 9.69 Å². The highest BCUT2D eigenvalue weighted by Gasteiger charge is 2.25. The summed E-state index contributed by atoms with van der Waals surface area (Å²) >= 11 is 1.31. The summed E-state index contributed by atoms with van der Waals surface area (Å²) in [5.74, 6) is -0.0148. The number of hydrogen-bond donors (Lipinski definition) is 0. The molecule has 0 saturated heterocycles. The molecule has 0 unspecified atom stereocenters. The van der Waals surface area contributed by atoms with Crippen LogP contribution in [-0.4, -0.2) is 36.6 Å². The fourth-order valence-corrected chi connectivity index (χ4v) is 3.98. The highest BCUT2D eigenvalue weighted by Crippen LogP contribution is 2.28. The number of carbonyl (C=O) groups is 2. The molecule has 1 amide bonds. The van der Waals surface area contributed by atoms with Crippen LogP contribution in [0.1, 0.15) is 38.2 Å². The summed E-state index contributed by atoms with van der Waals surface area (Å²) in [6, 6.07) is 16.9. The predicted octanol–water partition coefficient (Wildman–Crippen LogP) is 5.08. The SMILES string of the molecule is C=CCOc1ccc(C(=O)N(CCc2ccccc2)c2nc(C(=O)OCC)c(C)s2)cc1. The lowest BCUT2D eigenvalue weighted by molar-refractivity contribution is 0.0519. The number of anilines is 1. The van der Waals surface area contributed by atoms with Crippen molar-refractivity contribution in [1.82, 2.24) is 4.98 Å². The van der Waals surface area contributed by atoms with Gasteiger partial charge in [-0.15, -0.1) is 11.3 Å². The predicted molar refractivity (Wildman–Crippen MR) is 127 cm³/mol. The van der Waals surface area contributed by atoms with Crippen molar-refractivity contribution in [1.29, 1.82) is 0 Å². The van der Waals surface area contributed by atoms with Crippen molar-refractivity contribution in [2.45, 2.75) is 20.3 Å². The summed E-state index contributed by atoms with van der Waals surface area (Å²) in [4.78, 5) is 32.5. The molecule has 7 heteroatoms. The molecule has 32 heavy (non-hydrogen) atoms. The van der Waals surface area contributed by atoms with E-state index >= 15 is 0 Å². The maximum Gasteiger partial charge on any atom is 0.358 e. The van der Waals surface area contributed by atoms with Crippen LogP contribution in [0, 0.1) is 6.92 Å². The van der Waals surface area contributed by atoms with Crippen LogP contribution < -0.4 is 9.64 Å². The third-order valence-electron chi connectivity index (χ3n) is 4.67. The summed E-state index contributed by atoms with van der Waals surface area (Å²) in [6.07, 6.45) is 2.32. The molecular formula is C25H26N2O4S. The molecule has 0 N–H and O–H groups in total. The summed E-state index contributed by atoms with van der Waals surface area (Å²) in [6.45, 7) is 8.27. The van der Waals surface area contributed by atoms with Crippen molar-refractivity contribution in [3.8, 4) is 5.75 Å². The Morgan fingerprint density at radius 3 is 2.50 bits per heavy atom. The summed E-state index contributed by atoms with van der Waals surface area (Å²) < 4.78 is 10.6. The molecule has 0 spiro atoms. The molecule has 0 aliphatic heterocycles. The number of amides is 1. The van der Waals surface area contributed by atoms with E-state index in [2.05, 4.69) is 11.6 Å². The van der Waals surface area contributed by atoms with E-state index in [1.165, 1.54) is 11.3 Å². The van der Waals surface area contributed by atoms with E-state index in [1.54, 1.807) is 49.1 Å². The summed E-state index contributed by atoms with van der Waals surface area (Å²) in [5.41, 5.74) is 1.87.